The summed E-state index contributed by atoms with van der Waals surface area (Å²) in [5.74, 6) is -0.118. The van der Waals surface area contributed by atoms with Crippen molar-refractivity contribution in [3.8, 4) is 0 Å². The van der Waals surface area contributed by atoms with Gasteiger partial charge in [-0.1, -0.05) is 36.4 Å². The second kappa shape index (κ2) is 7.44. The maximum Gasteiger partial charge on any atom is 0.257 e. The Bertz CT molecular complexity index is 960. The number of hydrogen-bond donors (Lipinski definition) is 2. The van der Waals surface area contributed by atoms with Gasteiger partial charge in [0.15, 0.2) is 0 Å². The Balaban J connectivity index is 1.90. The van der Waals surface area contributed by atoms with Crippen molar-refractivity contribution in [3.05, 3.63) is 88.5 Å². The molecule has 0 fully saturated rings. The molecule has 0 radical (unpaired) electrons. The normalized spacial score (nSPS) is 10.5. The van der Waals surface area contributed by atoms with Crippen molar-refractivity contribution in [1.29, 1.82) is 0 Å². The van der Waals surface area contributed by atoms with Gasteiger partial charge in [-0.2, -0.15) is 0 Å². The number of carbonyl (C=O) groups excluding carboxylic acids is 1. The largest absolute Gasteiger partial charge is 0.355 e. The number of para-hydroxylation sites is 1. The van der Waals surface area contributed by atoms with E-state index in [4.69, 9.17) is 0 Å². The molecule has 0 aliphatic heterocycles. The van der Waals surface area contributed by atoms with Gasteiger partial charge in [-0.3, -0.25) is 4.79 Å². The first-order chi connectivity index (χ1) is 12.5. The first-order valence-corrected chi connectivity index (χ1v) is 8.77. The van der Waals surface area contributed by atoms with Crippen molar-refractivity contribution in [2.45, 2.75) is 27.7 Å². The molecule has 0 unspecified atom stereocenters. The van der Waals surface area contributed by atoms with Crippen molar-refractivity contribution in [3.63, 3.8) is 0 Å². The molecule has 3 aromatic carbocycles. The molecule has 0 aliphatic carbocycles. The highest BCUT2D eigenvalue weighted by atomic mass is 16.1. The monoisotopic (exact) mass is 344 g/mol. The van der Waals surface area contributed by atoms with Crippen molar-refractivity contribution in [2.24, 2.45) is 0 Å². The number of hydrogen-bond acceptors (Lipinski definition) is 2. The average molecular weight is 344 g/mol. The van der Waals surface area contributed by atoms with Gasteiger partial charge in [-0.05, 0) is 74.2 Å². The molecule has 0 saturated carbocycles. The third-order valence-electron chi connectivity index (χ3n) is 4.90. The van der Waals surface area contributed by atoms with Crippen LogP contribution in [-0.2, 0) is 0 Å². The van der Waals surface area contributed by atoms with E-state index in [1.54, 1.807) is 0 Å². The predicted molar refractivity (Wildman–Crippen MR) is 110 cm³/mol. The van der Waals surface area contributed by atoms with Gasteiger partial charge >= 0.3 is 0 Å². The fourth-order valence-electron chi connectivity index (χ4n) is 2.90. The van der Waals surface area contributed by atoms with Gasteiger partial charge < -0.3 is 10.6 Å². The minimum Gasteiger partial charge on any atom is -0.355 e. The quantitative estimate of drug-likeness (QED) is 0.617. The molecule has 3 rings (SSSR count). The summed E-state index contributed by atoms with van der Waals surface area (Å²) < 4.78 is 0. The summed E-state index contributed by atoms with van der Waals surface area (Å²) in [6, 6.07) is 19.6. The Morgan fingerprint density at radius 2 is 1.19 bits per heavy atom. The lowest BCUT2D eigenvalue weighted by molar-refractivity contribution is 0.102. The molecule has 3 heteroatoms. The molecule has 0 bridgehead atoms. The summed E-state index contributed by atoms with van der Waals surface area (Å²) in [7, 11) is 0. The second-order valence-electron chi connectivity index (χ2n) is 6.62. The molecule has 0 aliphatic rings. The number of amides is 1. The van der Waals surface area contributed by atoms with Crippen LogP contribution >= 0.6 is 0 Å². The highest BCUT2D eigenvalue weighted by Gasteiger charge is 2.13. The maximum absolute atomic E-state index is 12.9. The molecule has 0 heterocycles. The number of anilines is 3. The summed E-state index contributed by atoms with van der Waals surface area (Å²) in [5.41, 5.74) is 7.90. The van der Waals surface area contributed by atoms with Gasteiger partial charge in [0.25, 0.3) is 5.91 Å². The van der Waals surface area contributed by atoms with Gasteiger partial charge in [0.1, 0.15) is 0 Å². The molecule has 1 amide bonds. The maximum atomic E-state index is 12.9. The third kappa shape index (κ3) is 3.62. The topological polar surface area (TPSA) is 41.1 Å². The Kier molecular flexibility index (Phi) is 5.08. The molecule has 26 heavy (non-hydrogen) atoms. The highest BCUT2D eigenvalue weighted by Crippen LogP contribution is 2.26. The zero-order valence-corrected chi connectivity index (χ0v) is 15.7. The summed E-state index contributed by atoms with van der Waals surface area (Å²) in [5, 5.41) is 6.45. The van der Waals surface area contributed by atoms with Crippen LogP contribution in [0.1, 0.15) is 32.6 Å². The number of carbonyl (C=O) groups is 1. The molecule has 132 valence electrons. The van der Waals surface area contributed by atoms with Crippen LogP contribution in [0.5, 0.6) is 0 Å². The van der Waals surface area contributed by atoms with Crippen LogP contribution in [0.3, 0.4) is 0 Å². The van der Waals surface area contributed by atoms with Crippen LogP contribution in [0.15, 0.2) is 60.7 Å². The van der Waals surface area contributed by atoms with E-state index in [0.29, 0.717) is 5.56 Å². The first-order valence-electron chi connectivity index (χ1n) is 8.77. The SMILES string of the molecule is Cc1cccc(NC(=O)c2ccccc2Nc2cccc(C)c2C)c1C. The summed E-state index contributed by atoms with van der Waals surface area (Å²) in [6.07, 6.45) is 0. The summed E-state index contributed by atoms with van der Waals surface area (Å²) in [4.78, 5) is 12.9. The fraction of sp³-hybridized carbons (Fsp3) is 0.174. The van der Waals surface area contributed by atoms with Crippen molar-refractivity contribution < 1.29 is 4.79 Å². The lowest BCUT2D eigenvalue weighted by Crippen LogP contribution is -2.15. The van der Waals surface area contributed by atoms with E-state index in [1.807, 2.05) is 68.4 Å². The average Bonchev–Trinajstić information content (AvgIpc) is 2.63. The van der Waals surface area contributed by atoms with Gasteiger partial charge in [0.05, 0.1) is 11.3 Å². The van der Waals surface area contributed by atoms with E-state index in [0.717, 1.165) is 28.2 Å². The van der Waals surface area contributed by atoms with E-state index in [9.17, 15) is 4.79 Å². The van der Waals surface area contributed by atoms with Crippen LogP contribution < -0.4 is 10.6 Å². The van der Waals surface area contributed by atoms with Gasteiger partial charge in [-0.15, -0.1) is 0 Å². The van der Waals surface area contributed by atoms with Crippen molar-refractivity contribution in [2.75, 3.05) is 10.6 Å². The van der Waals surface area contributed by atoms with E-state index < -0.39 is 0 Å². The number of aryl methyl sites for hydroxylation is 2. The van der Waals surface area contributed by atoms with Crippen LogP contribution in [0.2, 0.25) is 0 Å². The van der Waals surface area contributed by atoms with E-state index in [-0.39, 0.29) is 5.91 Å². The van der Waals surface area contributed by atoms with Crippen LogP contribution in [0, 0.1) is 27.7 Å². The zero-order valence-electron chi connectivity index (χ0n) is 15.7. The highest BCUT2D eigenvalue weighted by molar-refractivity contribution is 6.08. The number of nitrogens with one attached hydrogen (secondary N) is 2. The van der Waals surface area contributed by atoms with Crippen LogP contribution in [0.4, 0.5) is 17.1 Å². The van der Waals surface area contributed by atoms with Crippen LogP contribution in [0.25, 0.3) is 0 Å². The molecular formula is C23H24N2O. The van der Waals surface area contributed by atoms with E-state index in [1.165, 1.54) is 11.1 Å². The molecule has 2 N–H and O–H groups in total. The Morgan fingerprint density at radius 3 is 1.88 bits per heavy atom. The first kappa shape index (κ1) is 17.7. The molecule has 3 aromatic rings. The van der Waals surface area contributed by atoms with Crippen molar-refractivity contribution in [1.82, 2.24) is 0 Å². The lowest BCUT2D eigenvalue weighted by atomic mass is 10.1. The fourth-order valence-corrected chi connectivity index (χ4v) is 2.90. The Morgan fingerprint density at radius 1 is 0.654 bits per heavy atom. The summed E-state index contributed by atoms with van der Waals surface area (Å²) in [6.45, 7) is 8.22. The van der Waals surface area contributed by atoms with E-state index in [2.05, 4.69) is 30.5 Å². The number of benzene rings is 3. The smallest absolute Gasteiger partial charge is 0.257 e. The zero-order chi connectivity index (χ0) is 18.7. The summed E-state index contributed by atoms with van der Waals surface area (Å²) >= 11 is 0. The standard InChI is InChI=1S/C23H24N2O/c1-15-9-7-13-20(17(15)3)24-22-12-6-5-11-19(22)23(26)25-21-14-8-10-16(2)18(21)4/h5-14,24H,1-4H3,(H,25,26). The van der Waals surface area contributed by atoms with Gasteiger partial charge in [0.2, 0.25) is 0 Å². The minimum atomic E-state index is -0.118. The van der Waals surface area contributed by atoms with Crippen LogP contribution in [-0.4, -0.2) is 5.91 Å². The molecule has 0 atom stereocenters. The Labute approximate surface area is 155 Å². The molecule has 0 saturated heterocycles. The number of rotatable bonds is 4. The molecule has 0 aromatic heterocycles. The minimum absolute atomic E-state index is 0.118. The second-order valence-corrected chi connectivity index (χ2v) is 6.62. The molecule has 3 nitrogen and oxygen atoms in total. The lowest BCUT2D eigenvalue weighted by Gasteiger charge is -2.16. The van der Waals surface area contributed by atoms with E-state index >= 15 is 0 Å². The Hall–Kier alpha value is -3.07. The third-order valence-corrected chi connectivity index (χ3v) is 4.90. The van der Waals surface area contributed by atoms with Gasteiger partial charge in [-0.25, -0.2) is 0 Å². The molecular weight excluding hydrogens is 320 g/mol. The predicted octanol–water partition coefficient (Wildman–Crippen LogP) is 5.92. The van der Waals surface area contributed by atoms with Gasteiger partial charge in [0, 0.05) is 11.4 Å². The molecule has 0 spiro atoms. The van der Waals surface area contributed by atoms with Crippen molar-refractivity contribution >= 4 is 23.0 Å².